The average Bonchev–Trinajstić information content (AvgIpc) is 2.10. The highest BCUT2D eigenvalue weighted by molar-refractivity contribution is 6.77. The zero-order valence-electron chi connectivity index (χ0n) is 10.1. The SMILES string of the molecule is C=CC(=O)OCCC[Si](C)(C)O[Si](C)C. The molecule has 87 valence electrons. The maximum atomic E-state index is 10.8. The fraction of sp³-hybridized carbons (Fsp3) is 0.700. The summed E-state index contributed by atoms with van der Waals surface area (Å²) in [6.07, 6.45) is 2.08. The van der Waals surface area contributed by atoms with E-state index in [2.05, 4.69) is 32.8 Å². The molecule has 0 aliphatic rings. The minimum absolute atomic E-state index is 0.342. The third kappa shape index (κ3) is 8.59. The fourth-order valence-corrected chi connectivity index (χ4v) is 7.16. The Kier molecular flexibility index (Phi) is 6.79. The second-order valence-electron chi connectivity index (χ2n) is 4.25. The number of carbonyl (C=O) groups is 1. The van der Waals surface area contributed by atoms with Crippen molar-refractivity contribution in [3.63, 3.8) is 0 Å². The molecule has 0 fully saturated rings. The highest BCUT2D eigenvalue weighted by Crippen LogP contribution is 2.14. The van der Waals surface area contributed by atoms with E-state index in [-0.39, 0.29) is 5.97 Å². The molecule has 15 heavy (non-hydrogen) atoms. The van der Waals surface area contributed by atoms with Gasteiger partial charge in [0.05, 0.1) is 6.61 Å². The number of hydrogen-bond acceptors (Lipinski definition) is 3. The van der Waals surface area contributed by atoms with E-state index in [0.717, 1.165) is 12.5 Å². The molecule has 1 radical (unpaired) electrons. The summed E-state index contributed by atoms with van der Waals surface area (Å²) in [5.74, 6) is -0.342. The first-order valence-electron chi connectivity index (χ1n) is 5.16. The van der Waals surface area contributed by atoms with Gasteiger partial charge in [0, 0.05) is 6.08 Å². The van der Waals surface area contributed by atoms with Crippen LogP contribution in [-0.4, -0.2) is 29.9 Å². The van der Waals surface area contributed by atoms with E-state index in [1.807, 2.05) is 0 Å². The van der Waals surface area contributed by atoms with Crippen LogP contribution < -0.4 is 0 Å². The highest BCUT2D eigenvalue weighted by atomic mass is 28.4. The first kappa shape index (κ1) is 14.6. The Labute approximate surface area is 95.3 Å². The van der Waals surface area contributed by atoms with Crippen molar-refractivity contribution in [2.45, 2.75) is 38.7 Å². The number of hydrogen-bond donors (Lipinski definition) is 0. The molecule has 0 heterocycles. The number of rotatable bonds is 7. The van der Waals surface area contributed by atoms with E-state index in [1.165, 1.54) is 6.08 Å². The molecular weight excluding hydrogens is 224 g/mol. The van der Waals surface area contributed by atoms with Crippen molar-refractivity contribution in [2.75, 3.05) is 6.61 Å². The fourth-order valence-electron chi connectivity index (χ4n) is 1.33. The van der Waals surface area contributed by atoms with Gasteiger partial charge < -0.3 is 8.85 Å². The molecule has 0 aromatic carbocycles. The largest absolute Gasteiger partial charge is 0.463 e. The van der Waals surface area contributed by atoms with E-state index in [9.17, 15) is 4.79 Å². The summed E-state index contributed by atoms with van der Waals surface area (Å²) in [5, 5.41) is 0. The third-order valence-corrected chi connectivity index (χ3v) is 7.22. The van der Waals surface area contributed by atoms with Crippen molar-refractivity contribution in [3.8, 4) is 0 Å². The van der Waals surface area contributed by atoms with Crippen molar-refractivity contribution in [1.29, 1.82) is 0 Å². The summed E-state index contributed by atoms with van der Waals surface area (Å²) in [4.78, 5) is 10.8. The molecule has 0 unspecified atom stereocenters. The highest BCUT2D eigenvalue weighted by Gasteiger charge is 2.23. The van der Waals surface area contributed by atoms with E-state index in [0.29, 0.717) is 6.61 Å². The van der Waals surface area contributed by atoms with Crippen LogP contribution >= 0.6 is 0 Å². The molecule has 0 saturated heterocycles. The summed E-state index contributed by atoms with van der Waals surface area (Å²) in [6.45, 7) is 12.5. The van der Waals surface area contributed by atoms with Gasteiger partial charge >= 0.3 is 5.97 Å². The summed E-state index contributed by atoms with van der Waals surface area (Å²) < 4.78 is 10.9. The van der Waals surface area contributed by atoms with Crippen LogP contribution in [0.25, 0.3) is 0 Å². The number of esters is 1. The second kappa shape index (κ2) is 6.97. The summed E-state index contributed by atoms with van der Waals surface area (Å²) in [6, 6.07) is 1.03. The second-order valence-corrected chi connectivity index (χ2v) is 10.9. The molecule has 0 atom stereocenters. The zero-order chi connectivity index (χ0) is 11.9. The van der Waals surface area contributed by atoms with Crippen molar-refractivity contribution in [1.82, 2.24) is 0 Å². The molecule has 0 amide bonds. The molecule has 0 rings (SSSR count). The molecule has 0 aromatic heterocycles. The lowest BCUT2D eigenvalue weighted by atomic mass is 10.5. The van der Waals surface area contributed by atoms with Crippen LogP contribution in [-0.2, 0) is 13.6 Å². The van der Waals surface area contributed by atoms with Gasteiger partial charge in [-0.25, -0.2) is 4.79 Å². The van der Waals surface area contributed by atoms with Crippen LogP contribution in [0.3, 0.4) is 0 Å². The lowest BCUT2D eigenvalue weighted by molar-refractivity contribution is -0.137. The summed E-state index contributed by atoms with van der Waals surface area (Å²) in [5.41, 5.74) is 0. The molecule has 0 N–H and O–H groups in total. The van der Waals surface area contributed by atoms with E-state index >= 15 is 0 Å². The lowest BCUT2D eigenvalue weighted by Crippen LogP contribution is -2.35. The van der Waals surface area contributed by atoms with Gasteiger partial charge in [-0.3, -0.25) is 0 Å². The van der Waals surface area contributed by atoms with Gasteiger partial charge in [0.2, 0.25) is 0 Å². The van der Waals surface area contributed by atoms with E-state index in [1.54, 1.807) is 0 Å². The first-order chi connectivity index (χ1) is 6.87. The first-order valence-corrected chi connectivity index (χ1v) is 10.7. The molecule has 0 aliphatic heterocycles. The topological polar surface area (TPSA) is 35.5 Å². The van der Waals surface area contributed by atoms with E-state index < -0.39 is 17.4 Å². The summed E-state index contributed by atoms with van der Waals surface area (Å²) >= 11 is 0. The van der Waals surface area contributed by atoms with Crippen LogP contribution in [0.4, 0.5) is 0 Å². The third-order valence-electron chi connectivity index (χ3n) is 1.81. The van der Waals surface area contributed by atoms with Crippen molar-refractivity contribution in [3.05, 3.63) is 12.7 Å². The van der Waals surface area contributed by atoms with Gasteiger partial charge in [-0.1, -0.05) is 6.58 Å². The Morgan fingerprint density at radius 2 is 2.07 bits per heavy atom. The van der Waals surface area contributed by atoms with E-state index in [4.69, 9.17) is 8.85 Å². The molecule has 0 spiro atoms. The average molecular weight is 245 g/mol. The van der Waals surface area contributed by atoms with Gasteiger partial charge in [-0.05, 0) is 38.7 Å². The van der Waals surface area contributed by atoms with Gasteiger partial charge in [0.15, 0.2) is 17.4 Å². The van der Waals surface area contributed by atoms with Gasteiger partial charge in [0.25, 0.3) is 0 Å². The predicted molar refractivity (Wildman–Crippen MR) is 66.6 cm³/mol. The Bertz CT molecular complexity index is 215. The van der Waals surface area contributed by atoms with Crippen molar-refractivity contribution >= 4 is 23.3 Å². The van der Waals surface area contributed by atoms with Crippen LogP contribution in [0, 0.1) is 0 Å². The Morgan fingerprint density at radius 3 is 2.53 bits per heavy atom. The lowest BCUT2D eigenvalue weighted by Gasteiger charge is -2.25. The normalized spacial score (nSPS) is 11.5. The van der Waals surface area contributed by atoms with Crippen LogP contribution in [0.5, 0.6) is 0 Å². The van der Waals surface area contributed by atoms with Crippen LogP contribution in [0.2, 0.25) is 32.2 Å². The zero-order valence-corrected chi connectivity index (χ0v) is 12.1. The standard InChI is InChI=1S/C10H21O3Si2/c1-6-10(11)12-8-7-9-15(4,5)13-14(2)3/h6H,1,7-9H2,2-5H3. The predicted octanol–water partition coefficient (Wildman–Crippen LogP) is 2.58. The van der Waals surface area contributed by atoms with Crippen LogP contribution in [0.15, 0.2) is 12.7 Å². The monoisotopic (exact) mass is 245 g/mol. The molecule has 3 nitrogen and oxygen atoms in total. The molecule has 0 aromatic rings. The maximum Gasteiger partial charge on any atom is 0.330 e. The van der Waals surface area contributed by atoms with Gasteiger partial charge in [-0.2, -0.15) is 0 Å². The minimum Gasteiger partial charge on any atom is -0.463 e. The molecule has 0 bridgehead atoms. The Morgan fingerprint density at radius 1 is 1.47 bits per heavy atom. The smallest absolute Gasteiger partial charge is 0.330 e. The maximum absolute atomic E-state index is 10.8. The Hall–Kier alpha value is -0.396. The van der Waals surface area contributed by atoms with Crippen LogP contribution in [0.1, 0.15) is 6.42 Å². The van der Waals surface area contributed by atoms with Crippen molar-refractivity contribution < 1.29 is 13.6 Å². The Balaban J connectivity index is 3.65. The summed E-state index contributed by atoms with van der Waals surface area (Å²) in [7, 11) is -2.13. The quantitative estimate of drug-likeness (QED) is 0.299. The van der Waals surface area contributed by atoms with Gasteiger partial charge in [0.1, 0.15) is 0 Å². The number of ether oxygens (including phenoxy) is 1. The molecule has 0 saturated carbocycles. The molecule has 5 heteroatoms. The number of carbonyl (C=O) groups excluding carboxylic acids is 1. The molecular formula is C10H21O3Si2. The molecule has 0 aliphatic carbocycles. The van der Waals surface area contributed by atoms with Gasteiger partial charge in [-0.15, -0.1) is 0 Å². The van der Waals surface area contributed by atoms with Crippen molar-refractivity contribution in [2.24, 2.45) is 0 Å². The minimum atomic E-state index is -1.52.